The van der Waals surface area contributed by atoms with Gasteiger partial charge in [-0.3, -0.25) is 4.79 Å². The van der Waals surface area contributed by atoms with E-state index >= 15 is 0 Å². The molecule has 0 saturated heterocycles. The number of fused-ring (bicyclic) bond motifs is 1. The van der Waals surface area contributed by atoms with Gasteiger partial charge in [-0.2, -0.15) is 26.3 Å². The lowest BCUT2D eigenvalue weighted by molar-refractivity contribution is -0.156. The highest BCUT2D eigenvalue weighted by atomic mass is 35.5. The number of carbonyl (C=O) groups is 2. The monoisotopic (exact) mass is 508 g/mol. The number of alkyl halides is 6. The Hall–Kier alpha value is -2.88. The summed E-state index contributed by atoms with van der Waals surface area (Å²) in [4.78, 5) is 24.7. The highest BCUT2D eigenvalue weighted by molar-refractivity contribution is 6.33. The highest BCUT2D eigenvalue weighted by Crippen LogP contribution is 2.42. The molecule has 0 spiro atoms. The molecular formula is C23H16ClF7O3. The Morgan fingerprint density at radius 3 is 2.35 bits per heavy atom. The molecule has 0 heterocycles. The Morgan fingerprint density at radius 2 is 1.76 bits per heavy atom. The van der Waals surface area contributed by atoms with Crippen LogP contribution in [0.1, 0.15) is 51.9 Å². The second kappa shape index (κ2) is 9.40. The first kappa shape index (κ1) is 25.7. The van der Waals surface area contributed by atoms with Crippen molar-refractivity contribution in [3.05, 3.63) is 74.6 Å². The zero-order valence-corrected chi connectivity index (χ0v) is 18.2. The molecule has 0 saturated carbocycles. The first-order chi connectivity index (χ1) is 15.7. The normalized spacial score (nSPS) is 14.4. The predicted octanol–water partition coefficient (Wildman–Crippen LogP) is 6.92. The van der Waals surface area contributed by atoms with Crippen molar-refractivity contribution in [3.63, 3.8) is 0 Å². The van der Waals surface area contributed by atoms with Gasteiger partial charge >= 0.3 is 18.3 Å². The second-order valence-corrected chi connectivity index (χ2v) is 7.96. The van der Waals surface area contributed by atoms with Gasteiger partial charge in [-0.25, -0.2) is 9.18 Å². The maximum Gasteiger partial charge on any atom is 0.419 e. The summed E-state index contributed by atoms with van der Waals surface area (Å²) in [5.41, 5.74) is -1.85. The number of esters is 1. The van der Waals surface area contributed by atoms with E-state index in [1.54, 1.807) is 6.92 Å². The molecule has 0 aromatic heterocycles. The van der Waals surface area contributed by atoms with Crippen LogP contribution in [0.4, 0.5) is 30.7 Å². The number of allylic oxidation sites excluding steroid dienone is 1. The molecule has 182 valence electrons. The summed E-state index contributed by atoms with van der Waals surface area (Å²) in [5, 5.41) is 0.0402. The van der Waals surface area contributed by atoms with Gasteiger partial charge < -0.3 is 4.74 Å². The van der Waals surface area contributed by atoms with Crippen LogP contribution in [0.3, 0.4) is 0 Å². The van der Waals surface area contributed by atoms with Crippen molar-refractivity contribution < 1.29 is 45.1 Å². The quantitative estimate of drug-likeness (QED) is 0.314. The Morgan fingerprint density at radius 1 is 1.09 bits per heavy atom. The maximum atomic E-state index is 13.7. The van der Waals surface area contributed by atoms with Gasteiger partial charge in [0.15, 0.2) is 5.78 Å². The van der Waals surface area contributed by atoms with E-state index in [1.807, 2.05) is 0 Å². The number of hydrogen-bond acceptors (Lipinski definition) is 3. The first-order valence-electron chi connectivity index (χ1n) is 9.89. The van der Waals surface area contributed by atoms with E-state index in [0.717, 1.165) is 0 Å². The third-order valence-corrected chi connectivity index (χ3v) is 5.59. The number of hydrogen-bond donors (Lipinski definition) is 0. The van der Waals surface area contributed by atoms with E-state index in [2.05, 4.69) is 0 Å². The first-order valence-corrected chi connectivity index (χ1v) is 10.3. The van der Waals surface area contributed by atoms with E-state index in [-0.39, 0.29) is 35.3 Å². The van der Waals surface area contributed by atoms with Crippen molar-refractivity contribution in [2.24, 2.45) is 0 Å². The van der Waals surface area contributed by atoms with Gasteiger partial charge in [0.05, 0.1) is 28.7 Å². The zero-order valence-electron chi connectivity index (χ0n) is 17.4. The van der Waals surface area contributed by atoms with Gasteiger partial charge in [0.25, 0.3) is 0 Å². The van der Waals surface area contributed by atoms with Gasteiger partial charge in [0, 0.05) is 18.4 Å². The van der Waals surface area contributed by atoms with Crippen LogP contribution in [0.5, 0.6) is 0 Å². The number of carbonyl (C=O) groups excluding carboxylic acids is 2. The van der Waals surface area contributed by atoms with Crippen molar-refractivity contribution in [1.29, 1.82) is 0 Å². The van der Waals surface area contributed by atoms with Crippen LogP contribution < -0.4 is 0 Å². The molecule has 11 heteroatoms. The molecule has 3 nitrogen and oxygen atoms in total. The van der Waals surface area contributed by atoms with Gasteiger partial charge in [-0.05, 0) is 54.0 Å². The smallest absolute Gasteiger partial charge is 0.419 e. The third kappa shape index (κ3) is 5.43. The molecule has 1 aliphatic carbocycles. The Bertz CT molecular complexity index is 1170. The van der Waals surface area contributed by atoms with Crippen molar-refractivity contribution in [3.8, 4) is 0 Å². The molecule has 1 unspecified atom stereocenters. The minimum absolute atomic E-state index is 0.0198. The lowest BCUT2D eigenvalue weighted by Crippen LogP contribution is -2.25. The Labute approximate surface area is 194 Å². The van der Waals surface area contributed by atoms with Crippen LogP contribution in [0.2, 0.25) is 5.02 Å². The fourth-order valence-electron chi connectivity index (χ4n) is 3.62. The van der Waals surface area contributed by atoms with E-state index < -0.39 is 53.4 Å². The second-order valence-electron chi connectivity index (χ2n) is 7.56. The SMILES string of the molecule is CCOC(=O)c1cc2c(cc1Cl)CC(C(=O)CC(c1ccc(F)c(C(F)(F)F)c1)C(F)(F)F)=C2. The molecule has 0 bridgehead atoms. The summed E-state index contributed by atoms with van der Waals surface area (Å²) >= 11 is 6.07. The van der Waals surface area contributed by atoms with Gasteiger partial charge in [-0.1, -0.05) is 17.7 Å². The molecule has 0 amide bonds. The number of Topliss-reactive ketones (excluding diaryl/α,β-unsaturated/α-hetero) is 1. The summed E-state index contributed by atoms with van der Waals surface area (Å²) in [6.07, 6.45) is -10.2. The van der Waals surface area contributed by atoms with Crippen LogP contribution in [0, 0.1) is 5.82 Å². The highest BCUT2D eigenvalue weighted by Gasteiger charge is 2.44. The fraction of sp³-hybridized carbons (Fsp3) is 0.304. The van der Waals surface area contributed by atoms with Gasteiger partial charge in [0.1, 0.15) is 5.82 Å². The minimum atomic E-state index is -5.20. The minimum Gasteiger partial charge on any atom is -0.462 e. The molecule has 0 aliphatic heterocycles. The number of ether oxygens (including phenoxy) is 1. The molecule has 0 N–H and O–H groups in total. The van der Waals surface area contributed by atoms with E-state index in [1.165, 1.54) is 18.2 Å². The fourth-order valence-corrected chi connectivity index (χ4v) is 3.89. The summed E-state index contributed by atoms with van der Waals surface area (Å²) in [6, 6.07) is 3.71. The average molecular weight is 509 g/mol. The number of benzene rings is 2. The molecule has 3 rings (SSSR count). The molecule has 0 radical (unpaired) electrons. The molecule has 1 aliphatic rings. The third-order valence-electron chi connectivity index (χ3n) is 5.28. The van der Waals surface area contributed by atoms with Gasteiger partial charge in [-0.15, -0.1) is 0 Å². The van der Waals surface area contributed by atoms with Crippen molar-refractivity contribution >= 4 is 29.4 Å². The van der Waals surface area contributed by atoms with Crippen LogP contribution in [0.25, 0.3) is 6.08 Å². The largest absolute Gasteiger partial charge is 0.462 e. The lowest BCUT2D eigenvalue weighted by Gasteiger charge is -2.21. The summed E-state index contributed by atoms with van der Waals surface area (Å²) in [6.45, 7) is 1.68. The summed E-state index contributed by atoms with van der Waals surface area (Å²) in [5.74, 6) is -5.96. The molecule has 0 fully saturated rings. The van der Waals surface area contributed by atoms with E-state index in [9.17, 15) is 40.3 Å². The number of rotatable bonds is 6. The predicted molar refractivity (Wildman–Crippen MR) is 109 cm³/mol. The van der Waals surface area contributed by atoms with Gasteiger partial charge in [0.2, 0.25) is 0 Å². The standard InChI is InChI=1S/C23H16ClF7O3/c1-2-34-21(33)15-7-12-5-14(6-13(12)9-18(15)24)20(32)10-16(22(26,27)28)11-3-4-19(25)17(8-11)23(29,30)31/h3-5,7-9,16H,2,6,10H2,1H3. The summed E-state index contributed by atoms with van der Waals surface area (Å²) < 4.78 is 98.4. The Kier molecular flexibility index (Phi) is 7.12. The molecule has 34 heavy (non-hydrogen) atoms. The Balaban J connectivity index is 1.90. The van der Waals surface area contributed by atoms with Crippen LogP contribution in [-0.4, -0.2) is 24.5 Å². The lowest BCUT2D eigenvalue weighted by atomic mass is 9.89. The molecule has 2 aromatic carbocycles. The topological polar surface area (TPSA) is 43.4 Å². The molecule has 2 aromatic rings. The molecule has 1 atom stereocenters. The van der Waals surface area contributed by atoms with Crippen LogP contribution >= 0.6 is 11.6 Å². The van der Waals surface area contributed by atoms with Crippen LogP contribution in [-0.2, 0) is 22.1 Å². The van der Waals surface area contributed by atoms with Crippen LogP contribution in [0.15, 0.2) is 35.9 Å². The van der Waals surface area contributed by atoms with E-state index in [4.69, 9.17) is 16.3 Å². The van der Waals surface area contributed by atoms with E-state index in [0.29, 0.717) is 23.3 Å². The summed E-state index contributed by atoms with van der Waals surface area (Å²) in [7, 11) is 0. The number of ketones is 1. The number of halogens is 8. The molecular weight excluding hydrogens is 493 g/mol. The van der Waals surface area contributed by atoms with Crippen molar-refractivity contribution in [2.45, 2.75) is 38.0 Å². The van der Waals surface area contributed by atoms with Crippen molar-refractivity contribution in [1.82, 2.24) is 0 Å². The maximum absolute atomic E-state index is 13.7. The average Bonchev–Trinajstić information content (AvgIpc) is 3.13. The van der Waals surface area contributed by atoms with Crippen molar-refractivity contribution in [2.75, 3.05) is 6.61 Å². The zero-order chi connectivity index (χ0) is 25.4.